The normalized spacial score (nSPS) is 11.6. The number of carbonyl (C=O) groups excluding carboxylic acids is 1. The predicted molar refractivity (Wildman–Crippen MR) is 147 cm³/mol. The van der Waals surface area contributed by atoms with E-state index in [1.165, 1.54) is 0 Å². The molecule has 0 saturated carbocycles. The number of carboxylic acid groups (broad SMARTS) is 1. The number of hydrogen-bond donors (Lipinski definition) is 2. The van der Waals surface area contributed by atoms with Crippen molar-refractivity contribution in [3.63, 3.8) is 0 Å². The first-order chi connectivity index (χ1) is 18.5. The van der Waals surface area contributed by atoms with E-state index >= 15 is 0 Å². The average molecular weight is 503 g/mol. The zero-order valence-electron chi connectivity index (χ0n) is 20.6. The zero-order chi connectivity index (χ0) is 26.3. The van der Waals surface area contributed by atoms with Crippen molar-refractivity contribution in [2.45, 2.75) is 19.1 Å². The number of benzene rings is 4. The number of ether oxygens (including phenoxy) is 1. The minimum Gasteiger partial charge on any atom is -0.489 e. The number of nitrogens with zero attached hydrogens (tertiary/aromatic N) is 1. The Bertz CT molecular complexity index is 1550. The number of aromatic nitrogens is 1. The molecule has 0 bridgehead atoms. The van der Waals surface area contributed by atoms with E-state index in [0.29, 0.717) is 12.4 Å². The average Bonchev–Trinajstić information content (AvgIpc) is 2.96. The Hall–Kier alpha value is -4.97. The maximum absolute atomic E-state index is 12.9. The van der Waals surface area contributed by atoms with Gasteiger partial charge in [-0.3, -0.25) is 9.78 Å². The van der Waals surface area contributed by atoms with Gasteiger partial charge in [0.1, 0.15) is 24.1 Å². The summed E-state index contributed by atoms with van der Waals surface area (Å²) in [5.74, 6) is -0.944. The number of carboxylic acids is 1. The molecule has 0 aliphatic rings. The highest BCUT2D eigenvalue weighted by molar-refractivity contribution is 5.98. The van der Waals surface area contributed by atoms with Crippen molar-refractivity contribution in [2.75, 3.05) is 0 Å². The Balaban J connectivity index is 1.24. The third-order valence-corrected chi connectivity index (χ3v) is 6.28. The van der Waals surface area contributed by atoms with Gasteiger partial charge < -0.3 is 15.2 Å². The largest absolute Gasteiger partial charge is 0.489 e. The molecule has 38 heavy (non-hydrogen) atoms. The third-order valence-electron chi connectivity index (χ3n) is 6.28. The second-order valence-electron chi connectivity index (χ2n) is 8.98. The fraction of sp³-hybridized carbons (Fsp3) is 0.0938. The molecular formula is C32H26N2O4. The second kappa shape index (κ2) is 11.4. The highest BCUT2D eigenvalue weighted by atomic mass is 16.5. The summed E-state index contributed by atoms with van der Waals surface area (Å²) in [4.78, 5) is 29.1. The van der Waals surface area contributed by atoms with Crippen molar-refractivity contribution in [2.24, 2.45) is 0 Å². The first-order valence-corrected chi connectivity index (χ1v) is 12.3. The predicted octanol–water partition coefficient (Wildman–Crippen LogP) is 5.91. The van der Waals surface area contributed by atoms with Gasteiger partial charge in [0.25, 0.3) is 5.91 Å². The molecule has 0 radical (unpaired) electrons. The Labute approximate surface area is 220 Å². The van der Waals surface area contributed by atoms with Gasteiger partial charge in [-0.05, 0) is 45.8 Å². The van der Waals surface area contributed by atoms with E-state index in [0.717, 1.165) is 33.0 Å². The van der Waals surface area contributed by atoms with Gasteiger partial charge in [0, 0.05) is 18.0 Å². The highest BCUT2D eigenvalue weighted by Crippen LogP contribution is 2.23. The van der Waals surface area contributed by atoms with Crippen molar-refractivity contribution in [3.05, 3.63) is 132 Å². The Morgan fingerprint density at radius 1 is 0.763 bits per heavy atom. The molecule has 5 rings (SSSR count). The van der Waals surface area contributed by atoms with Gasteiger partial charge in [-0.1, -0.05) is 91.0 Å². The molecule has 0 spiro atoms. The minimum absolute atomic E-state index is 0.154. The van der Waals surface area contributed by atoms with Crippen molar-refractivity contribution in [3.8, 4) is 16.9 Å². The van der Waals surface area contributed by atoms with Crippen LogP contribution in [-0.2, 0) is 17.8 Å². The second-order valence-corrected chi connectivity index (χ2v) is 8.98. The van der Waals surface area contributed by atoms with E-state index in [1.807, 2.05) is 103 Å². The molecule has 0 aliphatic carbocycles. The van der Waals surface area contributed by atoms with Crippen LogP contribution in [0.4, 0.5) is 0 Å². The fourth-order valence-electron chi connectivity index (χ4n) is 4.21. The van der Waals surface area contributed by atoms with Crippen LogP contribution in [0.15, 0.2) is 115 Å². The lowest BCUT2D eigenvalue weighted by molar-refractivity contribution is -0.139. The van der Waals surface area contributed by atoms with E-state index in [2.05, 4.69) is 10.3 Å². The molecule has 6 nitrogen and oxygen atoms in total. The van der Waals surface area contributed by atoms with Gasteiger partial charge in [0.05, 0.1) is 0 Å². The summed E-state index contributed by atoms with van der Waals surface area (Å²) in [6.45, 7) is 0.450. The van der Waals surface area contributed by atoms with Crippen LogP contribution in [0.2, 0.25) is 0 Å². The molecule has 188 valence electrons. The van der Waals surface area contributed by atoms with Crippen molar-refractivity contribution >= 4 is 22.6 Å². The fourth-order valence-corrected chi connectivity index (χ4v) is 4.21. The summed E-state index contributed by atoms with van der Waals surface area (Å²) < 4.78 is 5.87. The first kappa shape index (κ1) is 24.7. The summed E-state index contributed by atoms with van der Waals surface area (Å²) in [6, 6.07) is 33.6. The quantitative estimate of drug-likeness (QED) is 0.262. The van der Waals surface area contributed by atoms with Crippen molar-refractivity contribution in [1.29, 1.82) is 0 Å². The minimum atomic E-state index is -1.11. The van der Waals surface area contributed by atoms with Crippen LogP contribution in [-0.4, -0.2) is 28.0 Å². The molecule has 1 atom stereocenters. The molecule has 0 saturated heterocycles. The van der Waals surface area contributed by atoms with Gasteiger partial charge in [0.15, 0.2) is 0 Å². The van der Waals surface area contributed by atoms with Crippen LogP contribution in [0, 0.1) is 0 Å². The molecule has 6 heteroatoms. The van der Waals surface area contributed by atoms with E-state index in [1.54, 1.807) is 12.3 Å². The molecule has 2 N–H and O–H groups in total. The SMILES string of the molecule is O=C(N[C@@H](Cc1ccc(-c2ccccc2)cc1)C(=O)O)c1cc2ccc(OCc3ccccc3)cc2cn1. The van der Waals surface area contributed by atoms with E-state index < -0.39 is 17.9 Å². The van der Waals surface area contributed by atoms with Crippen LogP contribution >= 0.6 is 0 Å². The lowest BCUT2D eigenvalue weighted by atomic mass is 10.0. The number of carbonyl (C=O) groups is 2. The molecule has 1 aromatic heterocycles. The molecule has 1 heterocycles. The van der Waals surface area contributed by atoms with Gasteiger partial charge >= 0.3 is 5.97 Å². The van der Waals surface area contributed by atoms with Gasteiger partial charge in [0.2, 0.25) is 0 Å². The number of fused-ring (bicyclic) bond motifs is 1. The Morgan fingerprint density at radius 3 is 2.16 bits per heavy atom. The monoisotopic (exact) mass is 502 g/mol. The summed E-state index contributed by atoms with van der Waals surface area (Å²) in [7, 11) is 0. The van der Waals surface area contributed by atoms with Crippen LogP contribution in [0.1, 0.15) is 21.6 Å². The lowest BCUT2D eigenvalue weighted by Gasteiger charge is -2.15. The molecule has 1 amide bonds. The molecule has 5 aromatic rings. The number of pyridine rings is 1. The Morgan fingerprint density at radius 2 is 1.45 bits per heavy atom. The maximum Gasteiger partial charge on any atom is 0.326 e. The van der Waals surface area contributed by atoms with E-state index in [-0.39, 0.29) is 12.1 Å². The number of amides is 1. The van der Waals surface area contributed by atoms with Gasteiger partial charge in [-0.25, -0.2) is 4.79 Å². The molecule has 0 aliphatic heterocycles. The zero-order valence-corrected chi connectivity index (χ0v) is 20.6. The summed E-state index contributed by atoms with van der Waals surface area (Å²) in [6.07, 6.45) is 1.75. The number of hydrogen-bond acceptors (Lipinski definition) is 4. The van der Waals surface area contributed by atoms with E-state index in [4.69, 9.17) is 4.74 Å². The number of nitrogens with one attached hydrogen (secondary N) is 1. The summed E-state index contributed by atoms with van der Waals surface area (Å²) >= 11 is 0. The van der Waals surface area contributed by atoms with Crippen molar-refractivity contribution < 1.29 is 19.4 Å². The Kier molecular flexibility index (Phi) is 7.41. The molecule has 0 unspecified atom stereocenters. The van der Waals surface area contributed by atoms with Crippen molar-refractivity contribution in [1.82, 2.24) is 10.3 Å². The molecule has 4 aromatic carbocycles. The third kappa shape index (κ3) is 6.05. The van der Waals surface area contributed by atoms with Crippen LogP contribution < -0.4 is 10.1 Å². The van der Waals surface area contributed by atoms with Crippen LogP contribution in [0.5, 0.6) is 5.75 Å². The van der Waals surface area contributed by atoms with E-state index in [9.17, 15) is 14.7 Å². The van der Waals surface area contributed by atoms with Gasteiger partial charge in [-0.2, -0.15) is 0 Å². The standard InChI is InChI=1S/C32H26N2O4/c35-31(34-30(32(36)37)17-22-11-13-25(14-12-22)24-9-5-2-6-10-24)29-19-26-15-16-28(18-27(26)20-33-29)38-21-23-7-3-1-4-8-23/h1-16,18-20,30H,17,21H2,(H,34,35)(H,36,37)/t30-/m0/s1. The molecule has 0 fully saturated rings. The summed E-state index contributed by atoms with van der Waals surface area (Å²) in [5, 5.41) is 14.0. The van der Waals surface area contributed by atoms with Gasteiger partial charge in [-0.15, -0.1) is 0 Å². The van der Waals surface area contributed by atoms with Crippen LogP contribution in [0.25, 0.3) is 21.9 Å². The first-order valence-electron chi connectivity index (χ1n) is 12.3. The van der Waals surface area contributed by atoms with Crippen LogP contribution in [0.3, 0.4) is 0 Å². The highest BCUT2D eigenvalue weighted by Gasteiger charge is 2.22. The summed E-state index contributed by atoms with van der Waals surface area (Å²) in [5.41, 5.74) is 4.16. The topological polar surface area (TPSA) is 88.5 Å². The number of aliphatic carboxylic acids is 1. The molecular weight excluding hydrogens is 476 g/mol. The smallest absolute Gasteiger partial charge is 0.326 e. The maximum atomic E-state index is 12.9. The lowest BCUT2D eigenvalue weighted by Crippen LogP contribution is -2.42. The number of rotatable bonds is 9.